The Morgan fingerprint density at radius 3 is 2.79 bits per heavy atom. The van der Waals surface area contributed by atoms with E-state index in [1.807, 2.05) is 6.92 Å². The van der Waals surface area contributed by atoms with Gasteiger partial charge in [0.1, 0.15) is 5.75 Å². The zero-order chi connectivity index (χ0) is 13.8. The van der Waals surface area contributed by atoms with Gasteiger partial charge in [-0.1, -0.05) is 0 Å². The van der Waals surface area contributed by atoms with Crippen LogP contribution in [-0.4, -0.2) is 18.0 Å². The number of anilines is 2. The van der Waals surface area contributed by atoms with Crippen molar-refractivity contribution in [2.45, 2.75) is 6.92 Å². The third-order valence-corrected chi connectivity index (χ3v) is 2.62. The third-order valence-electron chi connectivity index (χ3n) is 2.62. The van der Waals surface area contributed by atoms with Crippen molar-refractivity contribution in [1.82, 2.24) is 4.98 Å². The van der Waals surface area contributed by atoms with Crippen molar-refractivity contribution >= 4 is 17.3 Å². The van der Waals surface area contributed by atoms with E-state index in [-0.39, 0.29) is 5.91 Å². The van der Waals surface area contributed by atoms with Crippen LogP contribution in [0, 0.1) is 6.92 Å². The highest BCUT2D eigenvalue weighted by Gasteiger charge is 2.13. The van der Waals surface area contributed by atoms with E-state index in [9.17, 15) is 4.79 Å². The molecule has 0 radical (unpaired) electrons. The lowest BCUT2D eigenvalue weighted by Gasteiger charge is -2.10. The number of amides is 1. The number of ether oxygens (including phenoxy) is 1. The SMILES string of the molecule is COc1ccc(N)cc1C(=O)Nc1ccnc(C)c1. The molecule has 0 atom stereocenters. The van der Waals surface area contributed by atoms with Crippen LogP contribution in [0.3, 0.4) is 0 Å². The molecule has 5 heteroatoms. The van der Waals surface area contributed by atoms with Crippen molar-refractivity contribution < 1.29 is 9.53 Å². The largest absolute Gasteiger partial charge is 0.496 e. The Kier molecular flexibility index (Phi) is 3.66. The molecule has 19 heavy (non-hydrogen) atoms. The molecule has 0 aliphatic heterocycles. The standard InChI is InChI=1S/C14H15N3O2/c1-9-7-11(5-6-16-9)17-14(18)12-8-10(15)3-4-13(12)19-2/h3-8H,15H2,1-2H3,(H,16,17,18). The van der Waals surface area contributed by atoms with Crippen LogP contribution >= 0.6 is 0 Å². The number of nitrogens with two attached hydrogens (primary N) is 1. The van der Waals surface area contributed by atoms with E-state index >= 15 is 0 Å². The highest BCUT2D eigenvalue weighted by atomic mass is 16.5. The molecule has 0 bridgehead atoms. The number of hydrogen-bond acceptors (Lipinski definition) is 4. The molecule has 98 valence electrons. The van der Waals surface area contributed by atoms with Gasteiger partial charge < -0.3 is 15.8 Å². The summed E-state index contributed by atoms with van der Waals surface area (Å²) in [5, 5.41) is 2.79. The molecule has 0 spiro atoms. The summed E-state index contributed by atoms with van der Waals surface area (Å²) in [5.74, 6) is 0.215. The Hall–Kier alpha value is -2.56. The molecule has 3 N–H and O–H groups in total. The Bertz CT molecular complexity index is 611. The monoisotopic (exact) mass is 257 g/mol. The average molecular weight is 257 g/mol. The van der Waals surface area contributed by atoms with Gasteiger partial charge in [-0.25, -0.2) is 0 Å². The fraction of sp³-hybridized carbons (Fsp3) is 0.143. The number of hydrogen-bond donors (Lipinski definition) is 2. The predicted molar refractivity (Wildman–Crippen MR) is 74.3 cm³/mol. The minimum Gasteiger partial charge on any atom is -0.496 e. The van der Waals surface area contributed by atoms with Gasteiger partial charge in [0, 0.05) is 23.3 Å². The van der Waals surface area contributed by atoms with Crippen molar-refractivity contribution in [3.05, 3.63) is 47.8 Å². The molecule has 2 aromatic rings. The van der Waals surface area contributed by atoms with Crippen LogP contribution in [0.1, 0.15) is 16.1 Å². The summed E-state index contributed by atoms with van der Waals surface area (Å²) in [6.07, 6.45) is 1.64. The van der Waals surface area contributed by atoms with Gasteiger partial charge in [-0.3, -0.25) is 9.78 Å². The van der Waals surface area contributed by atoms with Crippen molar-refractivity contribution in [3.8, 4) is 5.75 Å². The lowest BCUT2D eigenvalue weighted by atomic mass is 10.1. The number of aromatic nitrogens is 1. The second-order valence-corrected chi connectivity index (χ2v) is 4.10. The van der Waals surface area contributed by atoms with Crippen LogP contribution in [0.15, 0.2) is 36.5 Å². The molecule has 1 amide bonds. The first-order valence-electron chi connectivity index (χ1n) is 5.77. The Balaban J connectivity index is 2.27. The number of aryl methyl sites for hydroxylation is 1. The molecule has 0 fully saturated rings. The van der Waals surface area contributed by atoms with E-state index in [1.54, 1.807) is 36.5 Å². The Labute approximate surface area is 111 Å². The first kappa shape index (κ1) is 12.9. The maximum Gasteiger partial charge on any atom is 0.259 e. The van der Waals surface area contributed by atoms with E-state index in [0.29, 0.717) is 22.7 Å². The van der Waals surface area contributed by atoms with Crippen LogP contribution in [0.2, 0.25) is 0 Å². The maximum absolute atomic E-state index is 12.2. The first-order chi connectivity index (χ1) is 9.10. The zero-order valence-corrected chi connectivity index (χ0v) is 10.8. The summed E-state index contributed by atoms with van der Waals surface area (Å²) >= 11 is 0. The molecular weight excluding hydrogens is 242 g/mol. The second kappa shape index (κ2) is 5.39. The minimum absolute atomic E-state index is 0.269. The molecule has 1 aromatic heterocycles. The summed E-state index contributed by atoms with van der Waals surface area (Å²) < 4.78 is 5.15. The molecule has 0 aliphatic rings. The fourth-order valence-corrected chi connectivity index (χ4v) is 1.72. The molecular formula is C14H15N3O2. The van der Waals surface area contributed by atoms with Crippen LogP contribution in [-0.2, 0) is 0 Å². The number of nitrogens with one attached hydrogen (secondary N) is 1. The molecule has 1 aromatic carbocycles. The van der Waals surface area contributed by atoms with Gasteiger partial charge in [-0.15, -0.1) is 0 Å². The summed E-state index contributed by atoms with van der Waals surface area (Å²) in [6.45, 7) is 1.86. The number of benzene rings is 1. The van der Waals surface area contributed by atoms with Gasteiger partial charge in [-0.05, 0) is 37.3 Å². The summed E-state index contributed by atoms with van der Waals surface area (Å²) in [7, 11) is 1.51. The fourth-order valence-electron chi connectivity index (χ4n) is 1.72. The smallest absolute Gasteiger partial charge is 0.259 e. The van der Waals surface area contributed by atoms with Crippen molar-refractivity contribution in [3.63, 3.8) is 0 Å². The predicted octanol–water partition coefficient (Wildman–Crippen LogP) is 2.23. The van der Waals surface area contributed by atoms with Gasteiger partial charge in [0.25, 0.3) is 5.91 Å². The number of pyridine rings is 1. The average Bonchev–Trinajstić information content (AvgIpc) is 2.38. The normalized spacial score (nSPS) is 10.0. The van der Waals surface area contributed by atoms with Gasteiger partial charge >= 0.3 is 0 Å². The van der Waals surface area contributed by atoms with Crippen LogP contribution < -0.4 is 15.8 Å². The molecule has 1 heterocycles. The molecule has 0 saturated carbocycles. The van der Waals surface area contributed by atoms with Gasteiger partial charge in [-0.2, -0.15) is 0 Å². The lowest BCUT2D eigenvalue weighted by Crippen LogP contribution is -2.13. The van der Waals surface area contributed by atoms with E-state index in [4.69, 9.17) is 10.5 Å². The molecule has 2 rings (SSSR count). The quantitative estimate of drug-likeness (QED) is 0.827. The first-order valence-corrected chi connectivity index (χ1v) is 5.77. The Morgan fingerprint density at radius 1 is 1.32 bits per heavy atom. The number of rotatable bonds is 3. The van der Waals surface area contributed by atoms with E-state index < -0.39 is 0 Å². The third kappa shape index (κ3) is 3.01. The van der Waals surface area contributed by atoms with E-state index in [2.05, 4.69) is 10.3 Å². The molecule has 0 aliphatic carbocycles. The van der Waals surface area contributed by atoms with Gasteiger partial charge in [0.05, 0.1) is 12.7 Å². The molecule has 5 nitrogen and oxygen atoms in total. The summed E-state index contributed by atoms with van der Waals surface area (Å²) in [5.41, 5.74) is 8.12. The molecule has 0 unspecified atom stereocenters. The van der Waals surface area contributed by atoms with Gasteiger partial charge in [0.15, 0.2) is 0 Å². The maximum atomic E-state index is 12.2. The number of carbonyl (C=O) groups excluding carboxylic acids is 1. The Morgan fingerprint density at radius 2 is 2.11 bits per heavy atom. The van der Waals surface area contributed by atoms with Crippen LogP contribution in [0.5, 0.6) is 5.75 Å². The summed E-state index contributed by atoms with van der Waals surface area (Å²) in [6, 6.07) is 8.46. The highest BCUT2D eigenvalue weighted by Crippen LogP contribution is 2.22. The van der Waals surface area contributed by atoms with Crippen molar-refractivity contribution in [1.29, 1.82) is 0 Å². The molecule has 0 saturated heterocycles. The highest BCUT2D eigenvalue weighted by molar-refractivity contribution is 6.06. The number of nitrogen functional groups attached to an aromatic ring is 1. The van der Waals surface area contributed by atoms with Crippen LogP contribution in [0.25, 0.3) is 0 Å². The van der Waals surface area contributed by atoms with E-state index in [1.165, 1.54) is 7.11 Å². The zero-order valence-electron chi connectivity index (χ0n) is 10.8. The number of methoxy groups -OCH3 is 1. The minimum atomic E-state index is -0.269. The van der Waals surface area contributed by atoms with Gasteiger partial charge in [0.2, 0.25) is 0 Å². The van der Waals surface area contributed by atoms with Crippen molar-refractivity contribution in [2.75, 3.05) is 18.2 Å². The van der Waals surface area contributed by atoms with Crippen molar-refractivity contribution in [2.24, 2.45) is 0 Å². The van der Waals surface area contributed by atoms with E-state index in [0.717, 1.165) is 5.69 Å². The summed E-state index contributed by atoms with van der Waals surface area (Å²) in [4.78, 5) is 16.3. The topological polar surface area (TPSA) is 77.2 Å². The number of nitrogens with zero attached hydrogens (tertiary/aromatic N) is 1. The second-order valence-electron chi connectivity index (χ2n) is 4.10. The van der Waals surface area contributed by atoms with Crippen LogP contribution in [0.4, 0.5) is 11.4 Å². The lowest BCUT2D eigenvalue weighted by molar-refractivity contribution is 0.102. The number of carbonyl (C=O) groups is 1.